The molecule has 0 spiro atoms. The van der Waals surface area contributed by atoms with Crippen LogP contribution in [0.5, 0.6) is 5.75 Å². The van der Waals surface area contributed by atoms with Crippen molar-refractivity contribution < 1.29 is 9.53 Å². The largest absolute Gasteiger partial charge is 0.486 e. The van der Waals surface area contributed by atoms with Gasteiger partial charge in [-0.05, 0) is 47.6 Å². The molecule has 0 saturated heterocycles. The normalized spacial score (nSPS) is 12.8. The fourth-order valence-electron chi connectivity index (χ4n) is 2.28. The molecule has 1 amide bonds. The van der Waals surface area contributed by atoms with E-state index in [0.717, 1.165) is 11.4 Å². The van der Waals surface area contributed by atoms with Crippen molar-refractivity contribution in [1.82, 2.24) is 14.8 Å². The summed E-state index contributed by atoms with van der Waals surface area (Å²) in [5.41, 5.74) is 2.03. The van der Waals surface area contributed by atoms with Gasteiger partial charge in [-0.15, -0.1) is 0 Å². The topological polar surface area (TPSA) is 69.0 Å². The number of aromatic nitrogens is 3. The van der Waals surface area contributed by atoms with Gasteiger partial charge in [0.1, 0.15) is 23.1 Å². The van der Waals surface area contributed by atoms with Crippen LogP contribution in [0.3, 0.4) is 0 Å². The Balaban J connectivity index is 2.19. The number of hydrogen-bond donors (Lipinski definition) is 1. The lowest BCUT2D eigenvalue weighted by molar-refractivity contribution is -0.119. The standard InChI is InChI=1S/C17H24N4O2/c1-11-9-12(2)21(20-11)13(3)16(22)19-14-10-18-8-7-15(14)23-17(4,5)6/h7-10,13H,1-6H3,(H,19,22). The number of nitrogens with one attached hydrogen (secondary N) is 1. The van der Waals surface area contributed by atoms with E-state index in [0.29, 0.717) is 11.4 Å². The Morgan fingerprint density at radius 1 is 1.35 bits per heavy atom. The molecule has 2 heterocycles. The molecule has 1 atom stereocenters. The lowest BCUT2D eigenvalue weighted by Crippen LogP contribution is -2.27. The molecule has 1 N–H and O–H groups in total. The van der Waals surface area contributed by atoms with Crippen molar-refractivity contribution >= 4 is 11.6 Å². The molecule has 0 radical (unpaired) electrons. The Bertz CT molecular complexity index is 701. The van der Waals surface area contributed by atoms with Gasteiger partial charge in [-0.25, -0.2) is 0 Å². The van der Waals surface area contributed by atoms with Crippen molar-refractivity contribution in [1.29, 1.82) is 0 Å². The van der Waals surface area contributed by atoms with Crippen molar-refractivity contribution in [2.75, 3.05) is 5.32 Å². The van der Waals surface area contributed by atoms with E-state index in [1.165, 1.54) is 0 Å². The molecule has 0 saturated carbocycles. The van der Waals surface area contributed by atoms with Crippen LogP contribution in [0.4, 0.5) is 5.69 Å². The number of pyridine rings is 1. The zero-order valence-electron chi connectivity index (χ0n) is 14.5. The van der Waals surface area contributed by atoms with Crippen LogP contribution in [0.25, 0.3) is 0 Å². The molecule has 0 aliphatic heterocycles. The minimum atomic E-state index is -0.425. The van der Waals surface area contributed by atoms with Crippen LogP contribution in [0.2, 0.25) is 0 Å². The first kappa shape index (κ1) is 17.0. The van der Waals surface area contributed by atoms with Crippen molar-refractivity contribution in [2.45, 2.75) is 53.2 Å². The molecule has 6 heteroatoms. The van der Waals surface area contributed by atoms with Gasteiger partial charge in [-0.1, -0.05) is 0 Å². The average Bonchev–Trinajstić information content (AvgIpc) is 2.77. The van der Waals surface area contributed by atoms with Gasteiger partial charge in [0, 0.05) is 18.0 Å². The molecule has 0 aliphatic carbocycles. The second kappa shape index (κ2) is 6.40. The number of carbonyl (C=O) groups is 1. The van der Waals surface area contributed by atoms with Crippen LogP contribution >= 0.6 is 0 Å². The van der Waals surface area contributed by atoms with Gasteiger partial charge in [-0.3, -0.25) is 14.5 Å². The minimum Gasteiger partial charge on any atom is -0.486 e. The fourth-order valence-corrected chi connectivity index (χ4v) is 2.28. The molecule has 0 fully saturated rings. The molecule has 23 heavy (non-hydrogen) atoms. The smallest absolute Gasteiger partial charge is 0.249 e. The minimum absolute atomic E-state index is 0.164. The number of rotatable bonds is 4. The number of ether oxygens (including phenoxy) is 1. The van der Waals surface area contributed by atoms with Gasteiger partial charge >= 0.3 is 0 Å². The lowest BCUT2D eigenvalue weighted by Gasteiger charge is -2.23. The van der Waals surface area contributed by atoms with Crippen LogP contribution in [0.1, 0.15) is 45.1 Å². The van der Waals surface area contributed by atoms with Crippen LogP contribution in [-0.4, -0.2) is 26.3 Å². The summed E-state index contributed by atoms with van der Waals surface area (Å²) in [7, 11) is 0. The average molecular weight is 316 g/mol. The molecule has 2 aromatic heterocycles. The highest BCUT2D eigenvalue weighted by Crippen LogP contribution is 2.27. The molecule has 6 nitrogen and oxygen atoms in total. The third-order valence-electron chi connectivity index (χ3n) is 3.25. The Kier molecular flexibility index (Phi) is 4.73. The summed E-state index contributed by atoms with van der Waals surface area (Å²) in [6, 6.07) is 3.27. The van der Waals surface area contributed by atoms with Gasteiger partial charge in [-0.2, -0.15) is 5.10 Å². The third kappa shape index (κ3) is 4.31. The molecule has 2 aromatic rings. The Hall–Kier alpha value is -2.37. The van der Waals surface area contributed by atoms with Gasteiger partial charge in [0.15, 0.2) is 0 Å². The maximum atomic E-state index is 12.5. The molecule has 2 rings (SSSR count). The number of amides is 1. The van der Waals surface area contributed by atoms with Gasteiger partial charge in [0.2, 0.25) is 5.91 Å². The first-order chi connectivity index (χ1) is 10.7. The number of anilines is 1. The second-order valence-electron chi connectivity index (χ2n) is 6.62. The van der Waals surface area contributed by atoms with Crippen LogP contribution in [0, 0.1) is 13.8 Å². The summed E-state index contributed by atoms with van der Waals surface area (Å²) in [6.07, 6.45) is 3.23. The quantitative estimate of drug-likeness (QED) is 0.940. The molecular weight excluding hydrogens is 292 g/mol. The molecular formula is C17H24N4O2. The number of nitrogens with zero attached hydrogens (tertiary/aromatic N) is 3. The number of carbonyl (C=O) groups excluding carboxylic acids is 1. The maximum absolute atomic E-state index is 12.5. The number of aryl methyl sites for hydroxylation is 2. The van der Waals surface area contributed by atoms with E-state index in [-0.39, 0.29) is 11.5 Å². The van der Waals surface area contributed by atoms with Gasteiger partial charge < -0.3 is 10.1 Å². The van der Waals surface area contributed by atoms with E-state index >= 15 is 0 Å². The van der Waals surface area contributed by atoms with E-state index in [9.17, 15) is 4.79 Å². The number of hydrogen-bond acceptors (Lipinski definition) is 4. The van der Waals surface area contributed by atoms with Crippen molar-refractivity contribution in [3.63, 3.8) is 0 Å². The second-order valence-corrected chi connectivity index (χ2v) is 6.62. The Morgan fingerprint density at radius 3 is 2.61 bits per heavy atom. The predicted octanol–water partition coefficient (Wildman–Crippen LogP) is 3.27. The first-order valence-electron chi connectivity index (χ1n) is 7.64. The molecule has 0 aromatic carbocycles. The molecule has 124 valence electrons. The highest BCUT2D eigenvalue weighted by molar-refractivity contribution is 5.94. The molecule has 1 unspecified atom stereocenters. The summed E-state index contributed by atoms with van der Waals surface area (Å²) in [4.78, 5) is 16.6. The summed E-state index contributed by atoms with van der Waals surface area (Å²) in [6.45, 7) is 11.5. The summed E-state index contributed by atoms with van der Waals surface area (Å²) >= 11 is 0. The van der Waals surface area contributed by atoms with E-state index in [1.54, 1.807) is 23.1 Å². The van der Waals surface area contributed by atoms with Crippen molar-refractivity contribution in [2.24, 2.45) is 0 Å². The SMILES string of the molecule is Cc1cc(C)n(C(C)C(=O)Nc2cnccc2OC(C)(C)C)n1. The first-order valence-corrected chi connectivity index (χ1v) is 7.64. The fraction of sp³-hybridized carbons (Fsp3) is 0.471. The van der Waals surface area contributed by atoms with E-state index in [4.69, 9.17) is 4.74 Å². The highest BCUT2D eigenvalue weighted by atomic mass is 16.5. The Morgan fingerprint density at radius 2 is 2.04 bits per heavy atom. The van der Waals surface area contributed by atoms with Gasteiger partial charge in [0.25, 0.3) is 0 Å². The van der Waals surface area contributed by atoms with E-state index in [2.05, 4.69) is 15.4 Å². The third-order valence-corrected chi connectivity index (χ3v) is 3.25. The van der Waals surface area contributed by atoms with Crippen molar-refractivity contribution in [3.8, 4) is 5.75 Å². The van der Waals surface area contributed by atoms with E-state index in [1.807, 2.05) is 47.6 Å². The summed E-state index contributed by atoms with van der Waals surface area (Å²) in [5, 5.41) is 7.24. The zero-order valence-corrected chi connectivity index (χ0v) is 14.5. The summed E-state index contributed by atoms with van der Waals surface area (Å²) < 4.78 is 7.58. The monoisotopic (exact) mass is 316 g/mol. The molecule has 0 aliphatic rings. The highest BCUT2D eigenvalue weighted by Gasteiger charge is 2.21. The lowest BCUT2D eigenvalue weighted by atomic mass is 10.2. The molecule has 0 bridgehead atoms. The van der Waals surface area contributed by atoms with E-state index < -0.39 is 6.04 Å². The maximum Gasteiger partial charge on any atom is 0.249 e. The zero-order chi connectivity index (χ0) is 17.2. The van der Waals surface area contributed by atoms with Crippen LogP contribution in [-0.2, 0) is 4.79 Å². The Labute approximate surface area is 136 Å². The van der Waals surface area contributed by atoms with Crippen LogP contribution in [0.15, 0.2) is 24.5 Å². The van der Waals surface area contributed by atoms with Crippen LogP contribution < -0.4 is 10.1 Å². The predicted molar refractivity (Wildman–Crippen MR) is 89.7 cm³/mol. The summed E-state index contributed by atoms with van der Waals surface area (Å²) in [5.74, 6) is 0.435. The van der Waals surface area contributed by atoms with Gasteiger partial charge in [0.05, 0.1) is 11.9 Å². The van der Waals surface area contributed by atoms with Crippen molar-refractivity contribution in [3.05, 3.63) is 35.9 Å².